The lowest BCUT2D eigenvalue weighted by atomic mass is 9.98. The molecular formula is C17H21F2NO2S. The second-order valence-electron chi connectivity index (χ2n) is 7.32. The number of alkyl halides is 2. The van der Waals surface area contributed by atoms with Gasteiger partial charge in [0.05, 0.1) is 11.2 Å². The van der Waals surface area contributed by atoms with Crippen molar-refractivity contribution >= 4 is 10.0 Å². The molecule has 0 aromatic heterocycles. The number of hydrogen-bond acceptors (Lipinski definition) is 2. The largest absolute Gasteiger partial charge is 0.260 e. The van der Waals surface area contributed by atoms with Crippen LogP contribution in [0.15, 0.2) is 30.3 Å². The minimum absolute atomic E-state index is 0.0268. The minimum atomic E-state index is -3.68. The average Bonchev–Trinajstić information content (AvgIpc) is 2.87. The summed E-state index contributed by atoms with van der Waals surface area (Å²) in [4.78, 5) is 0. The highest BCUT2D eigenvalue weighted by molar-refractivity contribution is 7.89. The van der Waals surface area contributed by atoms with Crippen molar-refractivity contribution in [1.82, 2.24) is 4.31 Å². The molecule has 3 nitrogen and oxygen atoms in total. The molecule has 3 fully saturated rings. The van der Waals surface area contributed by atoms with E-state index in [1.165, 1.54) is 4.31 Å². The summed E-state index contributed by atoms with van der Waals surface area (Å²) in [5, 5.41) is 0. The number of nitrogens with zero attached hydrogens (tertiary/aromatic N) is 1. The molecule has 3 atom stereocenters. The SMILES string of the molecule is O=S(=O)(CC1(c2ccccc2)CC1(F)F)N1CCC2CCC1C2. The van der Waals surface area contributed by atoms with Gasteiger partial charge in [-0.2, -0.15) is 4.31 Å². The Kier molecular flexibility index (Phi) is 3.37. The number of halogens is 2. The smallest absolute Gasteiger partial charge is 0.212 e. The monoisotopic (exact) mass is 341 g/mol. The Morgan fingerprint density at radius 2 is 1.83 bits per heavy atom. The molecule has 0 radical (unpaired) electrons. The zero-order valence-corrected chi connectivity index (χ0v) is 13.7. The van der Waals surface area contributed by atoms with Crippen LogP contribution in [0.4, 0.5) is 8.78 Å². The first kappa shape index (κ1) is 15.5. The second-order valence-corrected chi connectivity index (χ2v) is 9.24. The molecule has 0 amide bonds. The van der Waals surface area contributed by atoms with Crippen molar-refractivity contribution in [2.75, 3.05) is 12.3 Å². The molecule has 126 valence electrons. The first-order valence-electron chi connectivity index (χ1n) is 8.27. The molecule has 1 heterocycles. The molecule has 1 saturated heterocycles. The Balaban J connectivity index is 1.63. The number of sulfonamides is 1. The number of fused-ring (bicyclic) bond motifs is 2. The first-order valence-corrected chi connectivity index (χ1v) is 9.88. The molecule has 23 heavy (non-hydrogen) atoms. The molecule has 2 bridgehead atoms. The summed E-state index contributed by atoms with van der Waals surface area (Å²) in [6.45, 7) is 0.494. The van der Waals surface area contributed by atoms with Crippen LogP contribution in [0, 0.1) is 5.92 Å². The first-order chi connectivity index (χ1) is 10.8. The van der Waals surface area contributed by atoms with Gasteiger partial charge in [0.15, 0.2) is 0 Å². The molecule has 0 spiro atoms. The lowest BCUT2D eigenvalue weighted by Gasteiger charge is -2.33. The average molecular weight is 341 g/mol. The van der Waals surface area contributed by atoms with Crippen molar-refractivity contribution in [1.29, 1.82) is 0 Å². The molecule has 0 N–H and O–H groups in total. The predicted molar refractivity (Wildman–Crippen MR) is 83.9 cm³/mol. The lowest BCUT2D eigenvalue weighted by Crippen LogP contribution is -2.46. The van der Waals surface area contributed by atoms with Gasteiger partial charge in [-0.05, 0) is 37.2 Å². The summed E-state index contributed by atoms with van der Waals surface area (Å²) in [7, 11) is -3.68. The van der Waals surface area contributed by atoms with E-state index in [0.29, 0.717) is 18.0 Å². The molecule has 2 aliphatic carbocycles. The fourth-order valence-corrected chi connectivity index (χ4v) is 6.77. The summed E-state index contributed by atoms with van der Waals surface area (Å²) in [5.74, 6) is -2.79. The second kappa shape index (κ2) is 4.99. The molecule has 2 saturated carbocycles. The van der Waals surface area contributed by atoms with Crippen LogP contribution in [-0.4, -0.2) is 37.0 Å². The molecule has 3 unspecified atom stereocenters. The van der Waals surface area contributed by atoms with Crippen molar-refractivity contribution in [3.63, 3.8) is 0 Å². The van der Waals surface area contributed by atoms with E-state index in [-0.39, 0.29) is 12.5 Å². The van der Waals surface area contributed by atoms with Gasteiger partial charge < -0.3 is 0 Å². The summed E-state index contributed by atoms with van der Waals surface area (Å²) in [6, 6.07) is 8.42. The third kappa shape index (κ3) is 2.41. The molecule has 1 aromatic carbocycles. The van der Waals surface area contributed by atoms with Crippen LogP contribution in [0.5, 0.6) is 0 Å². The highest BCUT2D eigenvalue weighted by Crippen LogP contribution is 2.62. The Hall–Kier alpha value is -1.01. The van der Waals surface area contributed by atoms with Gasteiger partial charge in [-0.15, -0.1) is 0 Å². The fourth-order valence-electron chi connectivity index (χ4n) is 4.47. The van der Waals surface area contributed by atoms with Gasteiger partial charge in [0.2, 0.25) is 10.0 Å². The van der Waals surface area contributed by atoms with Gasteiger partial charge in [0.1, 0.15) is 0 Å². The number of hydrogen-bond donors (Lipinski definition) is 0. The van der Waals surface area contributed by atoms with Crippen LogP contribution < -0.4 is 0 Å². The zero-order valence-electron chi connectivity index (χ0n) is 12.9. The van der Waals surface area contributed by atoms with Crippen LogP contribution in [0.3, 0.4) is 0 Å². The van der Waals surface area contributed by atoms with E-state index in [2.05, 4.69) is 0 Å². The van der Waals surface area contributed by atoms with E-state index in [1.54, 1.807) is 30.3 Å². The standard InChI is InChI=1S/C17H21F2NO2S/c18-17(19)11-16(17,14-4-2-1-3-5-14)12-23(21,22)20-9-8-13-6-7-15(20)10-13/h1-5,13,15H,6-12H2. The molecular weight excluding hydrogens is 320 g/mol. The van der Waals surface area contributed by atoms with Crippen LogP contribution in [0.1, 0.15) is 37.7 Å². The Labute approximate surface area is 135 Å². The van der Waals surface area contributed by atoms with Gasteiger partial charge in [0.25, 0.3) is 5.92 Å². The minimum Gasteiger partial charge on any atom is -0.212 e. The normalized spacial score (nSPS) is 36.1. The lowest BCUT2D eigenvalue weighted by molar-refractivity contribution is 0.0921. The third-order valence-electron chi connectivity index (χ3n) is 5.89. The van der Waals surface area contributed by atoms with E-state index in [0.717, 1.165) is 25.7 Å². The summed E-state index contributed by atoms with van der Waals surface area (Å²) in [5.41, 5.74) is -1.10. The zero-order chi connectivity index (χ0) is 16.3. The maximum absolute atomic E-state index is 14.1. The van der Waals surface area contributed by atoms with Gasteiger partial charge >= 0.3 is 0 Å². The van der Waals surface area contributed by atoms with E-state index >= 15 is 0 Å². The topological polar surface area (TPSA) is 37.4 Å². The van der Waals surface area contributed by atoms with E-state index in [4.69, 9.17) is 0 Å². The van der Waals surface area contributed by atoms with Crippen molar-refractivity contribution < 1.29 is 17.2 Å². The van der Waals surface area contributed by atoms with Crippen molar-refractivity contribution in [2.24, 2.45) is 5.92 Å². The van der Waals surface area contributed by atoms with Crippen molar-refractivity contribution in [3.8, 4) is 0 Å². The van der Waals surface area contributed by atoms with Crippen LogP contribution in [0.25, 0.3) is 0 Å². The van der Waals surface area contributed by atoms with Crippen molar-refractivity contribution in [3.05, 3.63) is 35.9 Å². The van der Waals surface area contributed by atoms with Gasteiger partial charge in [-0.3, -0.25) is 0 Å². The summed E-state index contributed by atoms with van der Waals surface area (Å²) < 4.78 is 55.6. The van der Waals surface area contributed by atoms with Gasteiger partial charge in [-0.25, -0.2) is 17.2 Å². The third-order valence-corrected chi connectivity index (χ3v) is 7.94. The summed E-state index contributed by atoms with van der Waals surface area (Å²) in [6.07, 6.45) is 3.33. The highest BCUT2D eigenvalue weighted by atomic mass is 32.2. The molecule has 1 aromatic rings. The van der Waals surface area contributed by atoms with Crippen molar-refractivity contribution in [2.45, 2.75) is 49.5 Å². The maximum Gasteiger partial charge on any atom is 0.260 e. The van der Waals surface area contributed by atoms with E-state index in [9.17, 15) is 17.2 Å². The van der Waals surface area contributed by atoms with Crippen LogP contribution >= 0.6 is 0 Å². The number of piperidine rings is 1. The van der Waals surface area contributed by atoms with E-state index < -0.39 is 27.1 Å². The summed E-state index contributed by atoms with van der Waals surface area (Å²) >= 11 is 0. The highest BCUT2D eigenvalue weighted by Gasteiger charge is 2.73. The van der Waals surface area contributed by atoms with Gasteiger partial charge in [-0.1, -0.05) is 30.3 Å². The molecule has 6 heteroatoms. The number of rotatable bonds is 4. The van der Waals surface area contributed by atoms with Crippen LogP contribution in [-0.2, 0) is 15.4 Å². The Bertz CT molecular complexity index is 707. The van der Waals surface area contributed by atoms with Gasteiger partial charge in [0, 0.05) is 19.0 Å². The van der Waals surface area contributed by atoms with Crippen LogP contribution in [0.2, 0.25) is 0 Å². The fraction of sp³-hybridized carbons (Fsp3) is 0.647. The number of benzene rings is 1. The molecule has 3 aliphatic rings. The Morgan fingerprint density at radius 3 is 2.48 bits per heavy atom. The predicted octanol–water partition coefficient (Wildman–Crippen LogP) is 3.17. The molecule has 4 rings (SSSR count). The van der Waals surface area contributed by atoms with E-state index in [1.807, 2.05) is 0 Å². The maximum atomic E-state index is 14.1. The molecule has 1 aliphatic heterocycles. The Morgan fingerprint density at radius 1 is 1.13 bits per heavy atom. The quantitative estimate of drug-likeness (QED) is 0.844.